The molecule has 0 bridgehead atoms. The zero-order chi connectivity index (χ0) is 14.0. The van der Waals surface area contributed by atoms with Crippen LogP contribution < -0.4 is 10.5 Å². The van der Waals surface area contributed by atoms with Crippen molar-refractivity contribution in [3.63, 3.8) is 0 Å². The minimum Gasteiger partial charge on any atom is -0.496 e. The number of hydrogen-bond acceptors (Lipinski definition) is 3. The van der Waals surface area contributed by atoms with Gasteiger partial charge in [0.05, 0.1) is 18.2 Å². The summed E-state index contributed by atoms with van der Waals surface area (Å²) in [6.45, 7) is 0. The molecule has 2 aromatic carbocycles. The largest absolute Gasteiger partial charge is 0.496 e. The van der Waals surface area contributed by atoms with E-state index in [2.05, 4.69) is 0 Å². The molecule has 2 N–H and O–H groups in total. The molecule has 0 unspecified atom stereocenters. The van der Waals surface area contributed by atoms with E-state index in [1.165, 1.54) is 25.3 Å². The molecule has 0 atom stereocenters. The number of ketones is 1. The Bertz CT molecular complexity index is 641. The number of rotatable bonds is 3. The van der Waals surface area contributed by atoms with Gasteiger partial charge < -0.3 is 10.5 Å². The van der Waals surface area contributed by atoms with Crippen LogP contribution in [0.4, 0.5) is 14.5 Å². The van der Waals surface area contributed by atoms with E-state index in [1.54, 1.807) is 0 Å². The number of benzene rings is 2. The molecule has 2 rings (SSSR count). The summed E-state index contributed by atoms with van der Waals surface area (Å²) in [5.41, 5.74) is 5.95. The molecule has 0 radical (unpaired) electrons. The highest BCUT2D eigenvalue weighted by atomic mass is 19.1. The van der Waals surface area contributed by atoms with Crippen LogP contribution in [0.15, 0.2) is 36.4 Å². The van der Waals surface area contributed by atoms with Crippen LogP contribution >= 0.6 is 0 Å². The number of hydrogen-bond donors (Lipinski definition) is 1. The van der Waals surface area contributed by atoms with Crippen molar-refractivity contribution in [2.75, 3.05) is 12.8 Å². The molecule has 0 aliphatic heterocycles. The second kappa shape index (κ2) is 5.06. The molecule has 0 aliphatic carbocycles. The molecule has 0 fully saturated rings. The van der Waals surface area contributed by atoms with E-state index in [0.29, 0.717) is 11.8 Å². The zero-order valence-electron chi connectivity index (χ0n) is 10.1. The van der Waals surface area contributed by atoms with Crippen LogP contribution in [0.3, 0.4) is 0 Å². The molecule has 0 heterocycles. The van der Waals surface area contributed by atoms with Gasteiger partial charge in [-0.2, -0.15) is 0 Å². The number of nitrogen functional groups attached to an aromatic ring is 1. The predicted octanol–water partition coefficient (Wildman–Crippen LogP) is 2.79. The van der Waals surface area contributed by atoms with Crippen molar-refractivity contribution in [1.82, 2.24) is 0 Å². The molecular formula is C14H11F2NO2. The van der Waals surface area contributed by atoms with Crippen LogP contribution in [0, 0.1) is 11.6 Å². The topological polar surface area (TPSA) is 52.3 Å². The van der Waals surface area contributed by atoms with Gasteiger partial charge in [-0.05, 0) is 24.3 Å². The molecule has 0 spiro atoms. The van der Waals surface area contributed by atoms with Gasteiger partial charge in [0.15, 0.2) is 5.78 Å². The molecule has 3 nitrogen and oxygen atoms in total. The van der Waals surface area contributed by atoms with Gasteiger partial charge in [0.1, 0.15) is 17.4 Å². The maximum Gasteiger partial charge on any atom is 0.199 e. The first kappa shape index (κ1) is 13.0. The quantitative estimate of drug-likeness (QED) is 0.684. The maximum absolute atomic E-state index is 13.6. The van der Waals surface area contributed by atoms with E-state index < -0.39 is 17.4 Å². The number of carbonyl (C=O) groups excluding carboxylic acids is 1. The Kier molecular flexibility index (Phi) is 3.46. The van der Waals surface area contributed by atoms with Crippen LogP contribution in [-0.4, -0.2) is 12.9 Å². The lowest BCUT2D eigenvalue weighted by atomic mass is 10.0. The summed E-state index contributed by atoms with van der Waals surface area (Å²) in [5.74, 6) is -2.00. The first-order valence-corrected chi connectivity index (χ1v) is 5.46. The number of nitrogens with two attached hydrogens (primary N) is 1. The number of halogens is 2. The molecule has 0 aliphatic rings. The van der Waals surface area contributed by atoms with Gasteiger partial charge in [-0.25, -0.2) is 8.78 Å². The van der Waals surface area contributed by atoms with Gasteiger partial charge in [-0.1, -0.05) is 0 Å². The summed E-state index contributed by atoms with van der Waals surface area (Å²) in [4.78, 5) is 12.2. The summed E-state index contributed by atoms with van der Waals surface area (Å²) >= 11 is 0. The lowest BCUT2D eigenvalue weighted by Crippen LogP contribution is -2.07. The lowest BCUT2D eigenvalue weighted by molar-refractivity contribution is 0.103. The molecule has 0 amide bonds. The van der Waals surface area contributed by atoms with E-state index in [-0.39, 0.29) is 16.9 Å². The second-order valence-corrected chi connectivity index (χ2v) is 3.91. The van der Waals surface area contributed by atoms with E-state index in [9.17, 15) is 13.6 Å². The fraction of sp³-hybridized carbons (Fsp3) is 0.0714. The molecule has 0 saturated carbocycles. The highest BCUT2D eigenvalue weighted by molar-refractivity contribution is 6.11. The maximum atomic E-state index is 13.6. The third-order valence-corrected chi connectivity index (χ3v) is 2.65. The number of carbonyl (C=O) groups is 1. The molecule has 98 valence electrons. The molecule has 0 aromatic heterocycles. The fourth-order valence-electron chi connectivity index (χ4n) is 1.71. The zero-order valence-corrected chi connectivity index (χ0v) is 10.1. The van der Waals surface area contributed by atoms with E-state index >= 15 is 0 Å². The standard InChI is InChI=1S/C14H11F2NO2/c1-19-13-7-9(17)3-5-11(13)14(18)10-4-2-8(15)6-12(10)16/h2-7H,17H2,1H3. The molecule has 5 heteroatoms. The Balaban J connectivity index is 2.50. The van der Waals surface area contributed by atoms with Crippen LogP contribution in [0.5, 0.6) is 5.75 Å². The van der Waals surface area contributed by atoms with Crippen molar-refractivity contribution in [1.29, 1.82) is 0 Å². The monoisotopic (exact) mass is 263 g/mol. The summed E-state index contributed by atoms with van der Waals surface area (Å²) in [7, 11) is 1.38. The Morgan fingerprint density at radius 2 is 1.79 bits per heavy atom. The molecule has 0 saturated heterocycles. The molecular weight excluding hydrogens is 252 g/mol. The Morgan fingerprint density at radius 1 is 1.11 bits per heavy atom. The number of anilines is 1. The number of methoxy groups -OCH3 is 1. The third kappa shape index (κ3) is 2.54. The van der Waals surface area contributed by atoms with Gasteiger partial charge >= 0.3 is 0 Å². The summed E-state index contributed by atoms with van der Waals surface area (Å²) in [6, 6.07) is 7.21. The normalized spacial score (nSPS) is 10.3. The van der Waals surface area contributed by atoms with Crippen molar-refractivity contribution >= 4 is 11.5 Å². The minimum absolute atomic E-state index is 0.169. The summed E-state index contributed by atoms with van der Waals surface area (Å²) in [6.07, 6.45) is 0. The van der Waals surface area contributed by atoms with E-state index in [4.69, 9.17) is 10.5 Å². The molecule has 19 heavy (non-hydrogen) atoms. The average Bonchev–Trinajstić information content (AvgIpc) is 2.37. The van der Waals surface area contributed by atoms with Gasteiger partial charge in [0.25, 0.3) is 0 Å². The third-order valence-electron chi connectivity index (χ3n) is 2.65. The van der Waals surface area contributed by atoms with Crippen LogP contribution in [0.2, 0.25) is 0 Å². The highest BCUT2D eigenvalue weighted by Crippen LogP contribution is 2.25. The van der Waals surface area contributed by atoms with Crippen molar-refractivity contribution in [3.05, 3.63) is 59.2 Å². The van der Waals surface area contributed by atoms with Gasteiger partial charge in [0, 0.05) is 17.8 Å². The lowest BCUT2D eigenvalue weighted by Gasteiger charge is -2.09. The average molecular weight is 263 g/mol. The summed E-state index contributed by atoms with van der Waals surface area (Å²) < 4.78 is 31.4. The second-order valence-electron chi connectivity index (χ2n) is 3.91. The Labute approximate surface area is 108 Å². The van der Waals surface area contributed by atoms with Crippen LogP contribution in [0.25, 0.3) is 0 Å². The highest BCUT2D eigenvalue weighted by Gasteiger charge is 2.18. The fourth-order valence-corrected chi connectivity index (χ4v) is 1.71. The number of ether oxygens (including phenoxy) is 1. The van der Waals surface area contributed by atoms with Crippen molar-refractivity contribution in [3.8, 4) is 5.75 Å². The van der Waals surface area contributed by atoms with Gasteiger partial charge in [-0.3, -0.25) is 4.79 Å². The predicted molar refractivity (Wildman–Crippen MR) is 67.2 cm³/mol. The van der Waals surface area contributed by atoms with E-state index in [0.717, 1.165) is 12.1 Å². The van der Waals surface area contributed by atoms with Gasteiger partial charge in [0.2, 0.25) is 0 Å². The SMILES string of the molecule is COc1cc(N)ccc1C(=O)c1ccc(F)cc1F. The Morgan fingerprint density at radius 3 is 2.42 bits per heavy atom. The minimum atomic E-state index is -0.913. The van der Waals surface area contributed by atoms with Crippen LogP contribution in [0.1, 0.15) is 15.9 Å². The van der Waals surface area contributed by atoms with Crippen LogP contribution in [-0.2, 0) is 0 Å². The van der Waals surface area contributed by atoms with Crippen molar-refractivity contribution in [2.24, 2.45) is 0 Å². The van der Waals surface area contributed by atoms with Crippen molar-refractivity contribution < 1.29 is 18.3 Å². The molecule has 2 aromatic rings. The van der Waals surface area contributed by atoms with Gasteiger partial charge in [-0.15, -0.1) is 0 Å². The summed E-state index contributed by atoms with van der Waals surface area (Å²) in [5, 5.41) is 0. The smallest absolute Gasteiger partial charge is 0.199 e. The first-order valence-electron chi connectivity index (χ1n) is 5.46. The van der Waals surface area contributed by atoms with Crippen molar-refractivity contribution in [2.45, 2.75) is 0 Å². The first-order chi connectivity index (χ1) is 9.02. The Hall–Kier alpha value is -2.43. The van der Waals surface area contributed by atoms with E-state index in [1.807, 2.05) is 0 Å².